The van der Waals surface area contributed by atoms with Gasteiger partial charge in [0.15, 0.2) is 0 Å². The summed E-state index contributed by atoms with van der Waals surface area (Å²) in [5, 5.41) is 12.3. The first kappa shape index (κ1) is 18.8. The third-order valence-electron chi connectivity index (χ3n) is 3.95. The highest BCUT2D eigenvalue weighted by molar-refractivity contribution is 7.18. The van der Waals surface area contributed by atoms with Crippen molar-refractivity contribution in [3.05, 3.63) is 29.3 Å². The number of carbonyl (C=O) groups is 1. The number of anilines is 1. The first-order chi connectivity index (χ1) is 11.0. The van der Waals surface area contributed by atoms with Crippen LogP contribution >= 0.6 is 23.7 Å². The highest BCUT2D eigenvalue weighted by Crippen LogP contribution is 2.29. The molecule has 24 heavy (non-hydrogen) atoms. The molecule has 1 aliphatic rings. The quantitative estimate of drug-likeness (QED) is 0.869. The Kier molecular flexibility index (Phi) is 5.92. The van der Waals surface area contributed by atoms with Crippen molar-refractivity contribution in [2.75, 3.05) is 18.5 Å². The standard InChI is InChI=1S/C16H20N4O2S.ClH/c1-10-7-11(2)9-12(8-10)13-19-20-15(23-13)18-14(21)16(17)3-5-22-6-4-16;/h7-9H,3-6,17H2,1-2H3,(H,18,20,21);1H. The molecule has 0 radical (unpaired) electrons. The summed E-state index contributed by atoms with van der Waals surface area (Å²) >= 11 is 1.35. The van der Waals surface area contributed by atoms with Gasteiger partial charge in [0.05, 0.1) is 0 Å². The van der Waals surface area contributed by atoms with Crippen LogP contribution in [0.4, 0.5) is 5.13 Å². The topological polar surface area (TPSA) is 90.1 Å². The molecular formula is C16H21ClN4O2S. The lowest BCUT2D eigenvalue weighted by Crippen LogP contribution is -2.54. The van der Waals surface area contributed by atoms with Gasteiger partial charge >= 0.3 is 0 Å². The lowest BCUT2D eigenvalue weighted by Gasteiger charge is -2.31. The lowest BCUT2D eigenvalue weighted by atomic mass is 9.90. The van der Waals surface area contributed by atoms with Crippen molar-refractivity contribution in [1.82, 2.24) is 10.2 Å². The Labute approximate surface area is 151 Å². The van der Waals surface area contributed by atoms with Crippen molar-refractivity contribution in [3.8, 4) is 10.6 Å². The summed E-state index contributed by atoms with van der Waals surface area (Å²) in [4.78, 5) is 12.4. The van der Waals surface area contributed by atoms with Crippen molar-refractivity contribution in [2.24, 2.45) is 5.73 Å². The number of nitrogens with zero attached hydrogens (tertiary/aromatic N) is 2. The van der Waals surface area contributed by atoms with Crippen LogP contribution in [0, 0.1) is 13.8 Å². The van der Waals surface area contributed by atoms with Gasteiger partial charge in [-0.05, 0) is 38.8 Å². The van der Waals surface area contributed by atoms with E-state index in [1.165, 1.54) is 22.5 Å². The van der Waals surface area contributed by atoms with E-state index in [9.17, 15) is 4.79 Å². The van der Waals surface area contributed by atoms with Gasteiger partial charge in [-0.2, -0.15) is 0 Å². The smallest absolute Gasteiger partial charge is 0.246 e. The molecule has 1 saturated heterocycles. The molecule has 0 saturated carbocycles. The van der Waals surface area contributed by atoms with E-state index in [4.69, 9.17) is 10.5 Å². The first-order valence-electron chi connectivity index (χ1n) is 7.56. The highest BCUT2D eigenvalue weighted by atomic mass is 35.5. The number of hydrogen-bond donors (Lipinski definition) is 2. The van der Waals surface area contributed by atoms with Gasteiger partial charge in [-0.15, -0.1) is 22.6 Å². The largest absolute Gasteiger partial charge is 0.381 e. The predicted octanol–water partition coefficient (Wildman–Crippen LogP) is 2.69. The Morgan fingerprint density at radius 1 is 1.21 bits per heavy atom. The number of rotatable bonds is 3. The van der Waals surface area contributed by atoms with Crippen molar-refractivity contribution in [2.45, 2.75) is 32.2 Å². The van der Waals surface area contributed by atoms with E-state index in [0.717, 1.165) is 10.6 Å². The van der Waals surface area contributed by atoms with Gasteiger partial charge in [0, 0.05) is 18.8 Å². The number of aryl methyl sites for hydroxylation is 2. The van der Waals surface area contributed by atoms with Gasteiger partial charge in [-0.25, -0.2) is 0 Å². The molecule has 1 aromatic carbocycles. The van der Waals surface area contributed by atoms with Gasteiger partial charge in [0.25, 0.3) is 0 Å². The van der Waals surface area contributed by atoms with Gasteiger partial charge in [-0.3, -0.25) is 10.1 Å². The van der Waals surface area contributed by atoms with Gasteiger partial charge in [-0.1, -0.05) is 28.5 Å². The first-order valence-corrected chi connectivity index (χ1v) is 8.38. The van der Waals surface area contributed by atoms with Crippen molar-refractivity contribution in [1.29, 1.82) is 0 Å². The summed E-state index contributed by atoms with van der Waals surface area (Å²) in [6.45, 7) is 5.11. The van der Waals surface area contributed by atoms with E-state index in [2.05, 4.69) is 33.7 Å². The van der Waals surface area contributed by atoms with E-state index in [-0.39, 0.29) is 18.3 Å². The van der Waals surface area contributed by atoms with Crippen LogP contribution in [0.15, 0.2) is 18.2 Å². The maximum absolute atomic E-state index is 12.4. The number of nitrogens with one attached hydrogen (secondary N) is 1. The predicted molar refractivity (Wildman–Crippen MR) is 97.7 cm³/mol. The van der Waals surface area contributed by atoms with E-state index in [1.54, 1.807) is 0 Å². The molecule has 3 N–H and O–H groups in total. The molecule has 1 fully saturated rings. The second-order valence-corrected chi connectivity index (χ2v) is 6.99. The molecule has 0 spiro atoms. The molecule has 2 heterocycles. The lowest BCUT2D eigenvalue weighted by molar-refractivity contribution is -0.124. The minimum Gasteiger partial charge on any atom is -0.381 e. The van der Waals surface area contributed by atoms with Crippen LogP contribution < -0.4 is 11.1 Å². The van der Waals surface area contributed by atoms with Crippen molar-refractivity contribution in [3.63, 3.8) is 0 Å². The number of nitrogens with two attached hydrogens (primary N) is 1. The van der Waals surface area contributed by atoms with Gasteiger partial charge < -0.3 is 10.5 Å². The molecule has 0 aliphatic carbocycles. The molecule has 1 aromatic heterocycles. The maximum Gasteiger partial charge on any atom is 0.246 e. The van der Waals surface area contributed by atoms with Crippen LogP contribution in [0.3, 0.4) is 0 Å². The molecule has 1 amide bonds. The van der Waals surface area contributed by atoms with Crippen LogP contribution in [0.2, 0.25) is 0 Å². The average Bonchev–Trinajstić information content (AvgIpc) is 2.95. The summed E-state index contributed by atoms with van der Waals surface area (Å²) in [5.74, 6) is -0.219. The van der Waals surface area contributed by atoms with E-state index in [0.29, 0.717) is 31.2 Å². The fourth-order valence-corrected chi connectivity index (χ4v) is 3.40. The van der Waals surface area contributed by atoms with Crippen LogP contribution in [0.25, 0.3) is 10.6 Å². The third-order valence-corrected chi connectivity index (χ3v) is 4.84. The second-order valence-electron chi connectivity index (χ2n) is 6.01. The molecule has 6 nitrogen and oxygen atoms in total. The van der Waals surface area contributed by atoms with Crippen LogP contribution in [-0.2, 0) is 9.53 Å². The van der Waals surface area contributed by atoms with Crippen LogP contribution in [0.5, 0.6) is 0 Å². The fourth-order valence-electron chi connectivity index (χ4n) is 2.67. The normalized spacial score (nSPS) is 16.3. The summed E-state index contributed by atoms with van der Waals surface area (Å²) in [6.07, 6.45) is 1.03. The zero-order valence-corrected chi connectivity index (χ0v) is 15.3. The summed E-state index contributed by atoms with van der Waals surface area (Å²) in [5.41, 5.74) is 8.64. The minimum absolute atomic E-state index is 0. The number of amides is 1. The molecule has 1 aliphatic heterocycles. The number of hydrogen-bond acceptors (Lipinski definition) is 6. The Balaban J connectivity index is 0.00000208. The number of ether oxygens (including phenoxy) is 1. The summed E-state index contributed by atoms with van der Waals surface area (Å²) in [6, 6.07) is 6.22. The summed E-state index contributed by atoms with van der Waals surface area (Å²) in [7, 11) is 0. The Morgan fingerprint density at radius 3 is 2.46 bits per heavy atom. The number of aromatic nitrogens is 2. The monoisotopic (exact) mass is 368 g/mol. The molecule has 8 heteroatoms. The van der Waals surface area contributed by atoms with Crippen LogP contribution in [-0.4, -0.2) is 34.9 Å². The molecular weight excluding hydrogens is 348 g/mol. The van der Waals surface area contributed by atoms with Crippen LogP contribution in [0.1, 0.15) is 24.0 Å². The van der Waals surface area contributed by atoms with Gasteiger partial charge in [0.2, 0.25) is 11.0 Å². The average molecular weight is 369 g/mol. The molecule has 0 atom stereocenters. The van der Waals surface area contributed by atoms with E-state index >= 15 is 0 Å². The zero-order valence-electron chi connectivity index (χ0n) is 13.7. The Hall–Kier alpha value is -1.54. The Bertz CT molecular complexity index is 708. The Morgan fingerprint density at radius 2 is 1.83 bits per heavy atom. The fraction of sp³-hybridized carbons (Fsp3) is 0.438. The second kappa shape index (κ2) is 7.57. The minimum atomic E-state index is -0.885. The van der Waals surface area contributed by atoms with E-state index in [1.807, 2.05) is 13.8 Å². The number of benzene rings is 1. The van der Waals surface area contributed by atoms with Crippen molar-refractivity contribution >= 4 is 34.8 Å². The van der Waals surface area contributed by atoms with E-state index < -0.39 is 5.54 Å². The SMILES string of the molecule is Cc1cc(C)cc(-c2nnc(NC(=O)C3(N)CCOCC3)s2)c1.Cl. The number of halogens is 1. The molecule has 0 bridgehead atoms. The maximum atomic E-state index is 12.4. The highest BCUT2D eigenvalue weighted by Gasteiger charge is 2.36. The molecule has 2 aromatic rings. The van der Waals surface area contributed by atoms with Crippen molar-refractivity contribution < 1.29 is 9.53 Å². The zero-order chi connectivity index (χ0) is 16.4. The number of carbonyl (C=O) groups excluding carboxylic acids is 1. The summed E-state index contributed by atoms with van der Waals surface area (Å²) < 4.78 is 5.26. The molecule has 0 unspecified atom stereocenters. The van der Waals surface area contributed by atoms with Gasteiger partial charge in [0.1, 0.15) is 10.5 Å². The molecule has 130 valence electrons. The third kappa shape index (κ3) is 4.10. The molecule has 3 rings (SSSR count).